The molecule has 0 aliphatic heterocycles. The molecule has 1 atom stereocenters. The van der Waals surface area contributed by atoms with E-state index in [2.05, 4.69) is 39.4 Å². The Balaban J connectivity index is 1.33. The van der Waals surface area contributed by atoms with Gasteiger partial charge < -0.3 is 4.90 Å². The molecule has 4 nitrogen and oxygen atoms in total. The van der Waals surface area contributed by atoms with E-state index in [0.29, 0.717) is 18.0 Å². The summed E-state index contributed by atoms with van der Waals surface area (Å²) in [7, 11) is 0. The van der Waals surface area contributed by atoms with Crippen LogP contribution in [0.4, 0.5) is 0 Å². The number of hydrogen-bond acceptors (Lipinski definition) is 2. The zero-order valence-corrected chi connectivity index (χ0v) is 16.0. The molecule has 4 heteroatoms. The van der Waals surface area contributed by atoms with Crippen LogP contribution in [0.25, 0.3) is 0 Å². The number of carbonyl (C=O) groups excluding carboxylic acids is 1. The van der Waals surface area contributed by atoms with E-state index in [-0.39, 0.29) is 5.91 Å². The highest BCUT2D eigenvalue weighted by Gasteiger charge is 2.39. The molecule has 142 valence electrons. The van der Waals surface area contributed by atoms with Crippen LogP contribution >= 0.6 is 0 Å². The molecule has 0 radical (unpaired) electrons. The minimum Gasteiger partial charge on any atom is -0.332 e. The SMILES string of the molecule is O=C(c1ccc(C2CCCCC2)cc1)N(C1CC1)C1CCc2[nH]ncc2C1. The van der Waals surface area contributed by atoms with E-state index in [4.69, 9.17) is 0 Å². The molecule has 27 heavy (non-hydrogen) atoms. The summed E-state index contributed by atoms with van der Waals surface area (Å²) in [5.74, 6) is 0.921. The van der Waals surface area contributed by atoms with E-state index in [9.17, 15) is 4.79 Å². The van der Waals surface area contributed by atoms with Crippen molar-refractivity contribution in [1.29, 1.82) is 0 Å². The van der Waals surface area contributed by atoms with E-state index in [1.165, 1.54) is 48.9 Å². The Kier molecular flexibility index (Phi) is 4.50. The van der Waals surface area contributed by atoms with E-state index >= 15 is 0 Å². The highest BCUT2D eigenvalue weighted by atomic mass is 16.2. The zero-order chi connectivity index (χ0) is 18.2. The summed E-state index contributed by atoms with van der Waals surface area (Å²) in [6.07, 6.45) is 13.9. The number of nitrogens with one attached hydrogen (secondary N) is 1. The summed E-state index contributed by atoms with van der Waals surface area (Å²) < 4.78 is 0. The Hall–Kier alpha value is -2.10. The monoisotopic (exact) mass is 363 g/mol. The van der Waals surface area contributed by atoms with Crippen molar-refractivity contribution >= 4 is 5.91 Å². The molecule has 2 fully saturated rings. The van der Waals surface area contributed by atoms with Crippen LogP contribution in [0.3, 0.4) is 0 Å². The number of carbonyl (C=O) groups is 1. The maximum atomic E-state index is 13.4. The van der Waals surface area contributed by atoms with Gasteiger partial charge in [0.1, 0.15) is 0 Å². The molecule has 0 saturated heterocycles. The number of hydrogen-bond donors (Lipinski definition) is 1. The average Bonchev–Trinajstić information content (AvgIpc) is 3.44. The molecule has 0 spiro atoms. The zero-order valence-electron chi connectivity index (χ0n) is 16.0. The van der Waals surface area contributed by atoms with Gasteiger partial charge in [0.2, 0.25) is 0 Å². The smallest absolute Gasteiger partial charge is 0.254 e. The lowest BCUT2D eigenvalue weighted by molar-refractivity contribution is 0.0643. The molecule has 3 aliphatic carbocycles. The molecular weight excluding hydrogens is 334 g/mol. The number of nitrogens with zero attached hydrogens (tertiary/aromatic N) is 2. The summed E-state index contributed by atoms with van der Waals surface area (Å²) in [5.41, 5.74) is 4.83. The molecule has 3 aliphatic rings. The number of amides is 1. The van der Waals surface area contributed by atoms with Crippen molar-refractivity contribution in [1.82, 2.24) is 15.1 Å². The highest BCUT2D eigenvalue weighted by Crippen LogP contribution is 2.36. The number of aromatic nitrogens is 2. The van der Waals surface area contributed by atoms with Crippen LogP contribution in [0.5, 0.6) is 0 Å². The van der Waals surface area contributed by atoms with Gasteiger partial charge in [-0.25, -0.2) is 0 Å². The van der Waals surface area contributed by atoms with Gasteiger partial charge in [0.05, 0.1) is 6.20 Å². The predicted molar refractivity (Wildman–Crippen MR) is 106 cm³/mol. The highest BCUT2D eigenvalue weighted by molar-refractivity contribution is 5.95. The Labute approximate surface area is 161 Å². The fourth-order valence-corrected chi connectivity index (χ4v) is 5.10. The molecule has 1 aromatic heterocycles. The van der Waals surface area contributed by atoms with Gasteiger partial charge in [-0.3, -0.25) is 9.89 Å². The molecule has 5 rings (SSSR count). The van der Waals surface area contributed by atoms with Gasteiger partial charge in [0.15, 0.2) is 0 Å². The van der Waals surface area contributed by atoms with Crippen LogP contribution < -0.4 is 0 Å². The minimum atomic E-state index is 0.227. The van der Waals surface area contributed by atoms with E-state index in [1.807, 2.05) is 6.20 Å². The molecule has 0 bridgehead atoms. The van der Waals surface area contributed by atoms with E-state index < -0.39 is 0 Å². The second kappa shape index (κ2) is 7.14. The lowest BCUT2D eigenvalue weighted by Crippen LogP contribution is -2.44. The lowest BCUT2D eigenvalue weighted by Gasteiger charge is -2.34. The number of benzene rings is 1. The number of fused-ring (bicyclic) bond motifs is 1. The lowest BCUT2D eigenvalue weighted by atomic mass is 9.84. The third-order valence-corrected chi connectivity index (χ3v) is 6.79. The summed E-state index contributed by atoms with van der Waals surface area (Å²) in [4.78, 5) is 15.6. The van der Waals surface area contributed by atoms with Crippen molar-refractivity contribution in [3.8, 4) is 0 Å². The van der Waals surface area contributed by atoms with Crippen LogP contribution in [-0.2, 0) is 12.8 Å². The molecule has 1 heterocycles. The van der Waals surface area contributed by atoms with Gasteiger partial charge in [-0.05, 0) is 74.1 Å². The maximum Gasteiger partial charge on any atom is 0.254 e. The summed E-state index contributed by atoms with van der Waals surface area (Å²) in [5, 5.41) is 7.29. The fraction of sp³-hybridized carbons (Fsp3) is 0.565. The van der Waals surface area contributed by atoms with E-state index in [0.717, 1.165) is 37.7 Å². The summed E-state index contributed by atoms with van der Waals surface area (Å²) in [6, 6.07) is 9.33. The predicted octanol–water partition coefficient (Wildman–Crippen LogP) is 4.62. The minimum absolute atomic E-state index is 0.227. The fourth-order valence-electron chi connectivity index (χ4n) is 5.10. The first-order valence-corrected chi connectivity index (χ1v) is 10.7. The van der Waals surface area contributed by atoms with Crippen molar-refractivity contribution in [2.24, 2.45) is 0 Å². The van der Waals surface area contributed by atoms with Crippen LogP contribution in [0.15, 0.2) is 30.5 Å². The average molecular weight is 364 g/mol. The molecule has 2 saturated carbocycles. The number of rotatable bonds is 4. The van der Waals surface area contributed by atoms with Gasteiger partial charge in [-0.2, -0.15) is 5.10 Å². The first kappa shape index (κ1) is 17.0. The van der Waals surface area contributed by atoms with Gasteiger partial charge in [-0.15, -0.1) is 0 Å². The normalized spacial score (nSPS) is 23.0. The second-order valence-corrected chi connectivity index (χ2v) is 8.67. The molecular formula is C23H29N3O. The third kappa shape index (κ3) is 3.42. The second-order valence-electron chi connectivity index (χ2n) is 8.67. The van der Waals surface area contributed by atoms with Gasteiger partial charge in [0, 0.05) is 23.3 Å². The Morgan fingerprint density at radius 3 is 2.48 bits per heavy atom. The quantitative estimate of drug-likeness (QED) is 0.862. The van der Waals surface area contributed by atoms with Crippen molar-refractivity contribution in [2.75, 3.05) is 0 Å². The Morgan fingerprint density at radius 1 is 0.963 bits per heavy atom. The molecule has 1 aromatic carbocycles. The van der Waals surface area contributed by atoms with Crippen LogP contribution in [0.2, 0.25) is 0 Å². The largest absolute Gasteiger partial charge is 0.332 e. The molecule has 1 N–H and O–H groups in total. The van der Waals surface area contributed by atoms with Crippen molar-refractivity contribution in [2.45, 2.75) is 82.2 Å². The summed E-state index contributed by atoms with van der Waals surface area (Å²) >= 11 is 0. The maximum absolute atomic E-state index is 13.4. The summed E-state index contributed by atoms with van der Waals surface area (Å²) in [6.45, 7) is 0. The van der Waals surface area contributed by atoms with Gasteiger partial charge in [-0.1, -0.05) is 31.4 Å². The van der Waals surface area contributed by atoms with Crippen LogP contribution in [-0.4, -0.2) is 33.1 Å². The Morgan fingerprint density at radius 2 is 1.74 bits per heavy atom. The molecule has 1 amide bonds. The van der Waals surface area contributed by atoms with Gasteiger partial charge in [0.25, 0.3) is 5.91 Å². The van der Waals surface area contributed by atoms with Crippen molar-refractivity contribution < 1.29 is 4.79 Å². The number of aryl methyl sites for hydroxylation is 1. The first-order chi connectivity index (χ1) is 13.3. The van der Waals surface area contributed by atoms with Crippen molar-refractivity contribution in [3.63, 3.8) is 0 Å². The number of H-pyrrole nitrogens is 1. The number of aromatic amines is 1. The topological polar surface area (TPSA) is 49.0 Å². The van der Waals surface area contributed by atoms with Gasteiger partial charge >= 0.3 is 0 Å². The molecule has 2 aromatic rings. The Bertz CT molecular complexity index is 799. The molecule has 1 unspecified atom stereocenters. The van der Waals surface area contributed by atoms with Crippen molar-refractivity contribution in [3.05, 3.63) is 52.8 Å². The third-order valence-electron chi connectivity index (χ3n) is 6.79. The van der Waals surface area contributed by atoms with Crippen LogP contribution in [0.1, 0.15) is 84.5 Å². The standard InChI is InChI=1S/C23H29N3O/c27-23(18-8-6-17(7-9-18)16-4-2-1-3-5-16)26(20-10-11-20)21-12-13-22-19(14-21)15-24-25-22/h6-9,15-16,20-21H,1-5,10-14H2,(H,24,25). The van der Waals surface area contributed by atoms with E-state index in [1.54, 1.807) is 0 Å². The van der Waals surface area contributed by atoms with Crippen LogP contribution in [0, 0.1) is 0 Å². The first-order valence-electron chi connectivity index (χ1n) is 10.7.